The fourth-order valence-corrected chi connectivity index (χ4v) is 5.36. The molecule has 1 aliphatic carbocycles. The van der Waals surface area contributed by atoms with E-state index >= 15 is 0 Å². The summed E-state index contributed by atoms with van der Waals surface area (Å²) in [7, 11) is 1.11. The van der Waals surface area contributed by atoms with Gasteiger partial charge in [0.1, 0.15) is 0 Å². The molecule has 0 saturated heterocycles. The lowest BCUT2D eigenvalue weighted by molar-refractivity contribution is 0.118. The highest BCUT2D eigenvalue weighted by atomic mass is 35.5. The molecule has 0 aliphatic heterocycles. The first-order valence-corrected chi connectivity index (χ1v) is 13.2. The Bertz CT molecular complexity index is 698. The Morgan fingerprint density at radius 3 is 2.25 bits per heavy atom. The minimum Gasteiger partial charge on any atom is -0.493 e. The molecular formula is C22H35ClO4Si. The standard InChI is InChI=1S/C22H35ClO4Si/c1-21(2,3)28(6,7)27-22(23,13-12-16-8-10-18(24)14-16)17-9-11-19(25-4)20(15-17)26-5/h8-11,15-16,18,24H,12-14H2,1-7H3. The van der Waals surface area contributed by atoms with Crippen molar-refractivity contribution in [3.63, 3.8) is 0 Å². The van der Waals surface area contributed by atoms with E-state index in [1.807, 2.05) is 24.3 Å². The first-order valence-electron chi connectivity index (χ1n) is 9.90. The molecule has 1 N–H and O–H groups in total. The molecule has 1 aromatic carbocycles. The summed E-state index contributed by atoms with van der Waals surface area (Å²) in [6.45, 7) is 11.1. The van der Waals surface area contributed by atoms with Crippen LogP contribution in [0.5, 0.6) is 11.5 Å². The number of hydrogen-bond donors (Lipinski definition) is 1. The van der Waals surface area contributed by atoms with Crippen LogP contribution in [0.15, 0.2) is 30.4 Å². The Hall–Kier alpha value is -1.01. The number of alkyl halides is 1. The molecule has 1 aliphatic rings. The molecule has 0 saturated carbocycles. The number of ether oxygens (including phenoxy) is 2. The average Bonchev–Trinajstić information content (AvgIpc) is 3.03. The zero-order valence-electron chi connectivity index (χ0n) is 18.2. The maximum absolute atomic E-state index is 9.79. The molecule has 28 heavy (non-hydrogen) atoms. The molecule has 4 nitrogen and oxygen atoms in total. The van der Waals surface area contributed by atoms with Crippen molar-refractivity contribution < 1.29 is 19.0 Å². The number of methoxy groups -OCH3 is 2. The molecule has 0 fully saturated rings. The minimum atomic E-state index is -2.13. The highest BCUT2D eigenvalue weighted by Crippen LogP contribution is 2.47. The summed E-state index contributed by atoms with van der Waals surface area (Å²) in [4.78, 5) is 0. The Kier molecular flexibility index (Phi) is 7.30. The maximum Gasteiger partial charge on any atom is 0.194 e. The van der Waals surface area contributed by atoms with Gasteiger partial charge in [0.25, 0.3) is 0 Å². The molecular weight excluding hydrogens is 392 g/mol. The summed E-state index contributed by atoms with van der Waals surface area (Å²) >= 11 is 7.22. The number of hydrogen-bond acceptors (Lipinski definition) is 4. The van der Waals surface area contributed by atoms with Gasteiger partial charge in [0, 0.05) is 5.56 Å². The Balaban J connectivity index is 2.36. The van der Waals surface area contributed by atoms with Crippen LogP contribution in [0.2, 0.25) is 18.1 Å². The van der Waals surface area contributed by atoms with Crippen LogP contribution in [-0.4, -0.2) is 33.7 Å². The van der Waals surface area contributed by atoms with E-state index in [0.29, 0.717) is 23.8 Å². The second-order valence-corrected chi connectivity index (χ2v) is 14.5. The zero-order valence-corrected chi connectivity index (χ0v) is 20.0. The van der Waals surface area contributed by atoms with Gasteiger partial charge in [0.05, 0.1) is 20.3 Å². The molecule has 3 atom stereocenters. The lowest BCUT2D eigenvalue weighted by Crippen LogP contribution is -2.46. The van der Waals surface area contributed by atoms with Crippen LogP contribution in [0, 0.1) is 5.92 Å². The van der Waals surface area contributed by atoms with Crippen molar-refractivity contribution in [1.29, 1.82) is 0 Å². The molecule has 6 heteroatoms. The monoisotopic (exact) mass is 426 g/mol. The van der Waals surface area contributed by atoms with Crippen LogP contribution in [0.25, 0.3) is 0 Å². The Morgan fingerprint density at radius 2 is 1.75 bits per heavy atom. The van der Waals surface area contributed by atoms with Crippen molar-refractivity contribution in [1.82, 2.24) is 0 Å². The summed E-state index contributed by atoms with van der Waals surface area (Å²) < 4.78 is 17.6. The molecule has 0 radical (unpaired) electrons. The number of rotatable bonds is 8. The highest BCUT2D eigenvalue weighted by molar-refractivity contribution is 6.74. The normalized spacial score (nSPS) is 22.2. The van der Waals surface area contributed by atoms with E-state index in [4.69, 9.17) is 25.5 Å². The zero-order chi connectivity index (χ0) is 21.2. The lowest BCUT2D eigenvalue weighted by Gasteiger charge is -2.43. The van der Waals surface area contributed by atoms with Gasteiger partial charge in [0.2, 0.25) is 0 Å². The van der Waals surface area contributed by atoms with Crippen LogP contribution >= 0.6 is 11.6 Å². The second-order valence-electron chi connectivity index (χ2n) is 9.15. The van der Waals surface area contributed by atoms with E-state index in [2.05, 4.69) is 39.9 Å². The largest absolute Gasteiger partial charge is 0.493 e. The molecule has 158 valence electrons. The van der Waals surface area contributed by atoms with E-state index in [0.717, 1.165) is 18.4 Å². The van der Waals surface area contributed by atoms with Crippen molar-refractivity contribution in [2.24, 2.45) is 5.92 Å². The molecule has 0 spiro atoms. The van der Waals surface area contributed by atoms with Crippen LogP contribution in [0.3, 0.4) is 0 Å². The van der Waals surface area contributed by atoms with E-state index in [9.17, 15) is 5.11 Å². The number of aliphatic hydroxyl groups is 1. The lowest BCUT2D eigenvalue weighted by atomic mass is 9.96. The molecule has 2 rings (SSSR count). The second kappa shape index (κ2) is 8.78. The smallest absolute Gasteiger partial charge is 0.194 e. The summed E-state index contributed by atoms with van der Waals surface area (Å²) in [6.07, 6.45) is 5.85. The van der Waals surface area contributed by atoms with Crippen molar-refractivity contribution in [3.8, 4) is 11.5 Å². The predicted octanol–water partition coefficient (Wildman–Crippen LogP) is 5.83. The van der Waals surface area contributed by atoms with Crippen molar-refractivity contribution >= 4 is 19.9 Å². The summed E-state index contributed by atoms with van der Waals surface area (Å²) in [6, 6.07) is 5.75. The van der Waals surface area contributed by atoms with Gasteiger partial charge >= 0.3 is 0 Å². The van der Waals surface area contributed by atoms with Gasteiger partial charge in [-0.05, 0) is 55.4 Å². The first-order chi connectivity index (χ1) is 12.9. The predicted molar refractivity (Wildman–Crippen MR) is 118 cm³/mol. The fraction of sp³-hybridized carbons (Fsp3) is 0.636. The quantitative estimate of drug-likeness (QED) is 0.322. The number of benzene rings is 1. The topological polar surface area (TPSA) is 47.9 Å². The third-order valence-corrected chi connectivity index (χ3v) is 11.1. The van der Waals surface area contributed by atoms with Gasteiger partial charge in [-0.1, -0.05) is 50.6 Å². The van der Waals surface area contributed by atoms with Gasteiger partial charge in [-0.3, -0.25) is 0 Å². The van der Waals surface area contributed by atoms with Gasteiger partial charge in [-0.25, -0.2) is 0 Å². The van der Waals surface area contributed by atoms with E-state index in [1.165, 1.54) is 0 Å². The summed E-state index contributed by atoms with van der Waals surface area (Å²) in [5, 5.41) is 8.87. The van der Waals surface area contributed by atoms with Crippen molar-refractivity contribution in [2.75, 3.05) is 14.2 Å². The number of aliphatic hydroxyl groups excluding tert-OH is 1. The molecule has 0 amide bonds. The number of halogens is 1. The summed E-state index contributed by atoms with van der Waals surface area (Å²) in [5.41, 5.74) is 0.874. The fourth-order valence-electron chi connectivity index (χ4n) is 3.22. The van der Waals surface area contributed by atoms with Gasteiger partial charge < -0.3 is 19.0 Å². The molecule has 1 aromatic rings. The van der Waals surface area contributed by atoms with Crippen LogP contribution in [0.1, 0.15) is 45.6 Å². The minimum absolute atomic E-state index is 0.0349. The van der Waals surface area contributed by atoms with Gasteiger partial charge in [-0.15, -0.1) is 0 Å². The van der Waals surface area contributed by atoms with Gasteiger partial charge in [-0.2, -0.15) is 0 Å². The van der Waals surface area contributed by atoms with E-state index < -0.39 is 13.4 Å². The van der Waals surface area contributed by atoms with Gasteiger partial charge in [0.15, 0.2) is 24.9 Å². The van der Waals surface area contributed by atoms with Crippen LogP contribution < -0.4 is 9.47 Å². The SMILES string of the molecule is COc1ccc(C(Cl)(CCC2C=CC(O)C2)O[Si](C)(C)C(C)(C)C)cc1OC. The van der Waals surface area contributed by atoms with E-state index in [-0.39, 0.29) is 11.1 Å². The Labute approximate surface area is 176 Å². The third kappa shape index (κ3) is 5.32. The summed E-state index contributed by atoms with van der Waals surface area (Å²) in [5.74, 6) is 1.62. The first kappa shape index (κ1) is 23.3. The number of allylic oxidation sites excluding steroid dienone is 1. The average molecular weight is 427 g/mol. The molecule has 3 unspecified atom stereocenters. The Morgan fingerprint density at radius 1 is 1.11 bits per heavy atom. The third-order valence-electron chi connectivity index (χ3n) is 6.02. The molecule has 0 heterocycles. The van der Waals surface area contributed by atoms with Crippen LogP contribution in [0.4, 0.5) is 0 Å². The maximum atomic E-state index is 9.79. The molecule has 0 bridgehead atoms. The van der Waals surface area contributed by atoms with E-state index in [1.54, 1.807) is 14.2 Å². The van der Waals surface area contributed by atoms with Crippen molar-refractivity contribution in [2.45, 2.75) is 69.3 Å². The highest BCUT2D eigenvalue weighted by Gasteiger charge is 2.45. The molecule has 0 aromatic heterocycles. The van der Waals surface area contributed by atoms with Crippen molar-refractivity contribution in [3.05, 3.63) is 35.9 Å². The van der Waals surface area contributed by atoms with Crippen LogP contribution in [-0.2, 0) is 9.49 Å².